The van der Waals surface area contributed by atoms with E-state index in [9.17, 15) is 4.79 Å². The van der Waals surface area contributed by atoms with E-state index in [2.05, 4.69) is 10.2 Å². The number of rotatable bonds is 3. The van der Waals surface area contributed by atoms with E-state index in [0.717, 1.165) is 11.3 Å². The Labute approximate surface area is 104 Å². The predicted octanol–water partition coefficient (Wildman–Crippen LogP) is 2.58. The van der Waals surface area contributed by atoms with E-state index in [-0.39, 0.29) is 5.56 Å². The first-order valence-corrected chi connectivity index (χ1v) is 5.38. The molecule has 0 aliphatic carbocycles. The van der Waals surface area contributed by atoms with Gasteiger partial charge in [-0.15, -0.1) is 5.10 Å². The molecule has 0 spiro atoms. The number of aryl methyl sites for hydroxylation is 2. The van der Waals surface area contributed by atoms with Gasteiger partial charge >= 0.3 is 5.97 Å². The van der Waals surface area contributed by atoms with Crippen molar-refractivity contribution in [2.45, 2.75) is 13.8 Å². The molecule has 5 nitrogen and oxygen atoms in total. The molecule has 0 aliphatic rings. The fourth-order valence-electron chi connectivity index (χ4n) is 1.45. The maximum atomic E-state index is 10.8. The highest BCUT2D eigenvalue weighted by Crippen LogP contribution is 2.24. The molecule has 1 aromatic carbocycles. The van der Waals surface area contributed by atoms with E-state index >= 15 is 0 Å². The predicted molar refractivity (Wildman–Crippen MR) is 65.0 cm³/mol. The van der Waals surface area contributed by atoms with Crippen LogP contribution >= 0.6 is 0 Å². The lowest BCUT2D eigenvalue weighted by molar-refractivity contribution is 0.0697. The lowest BCUT2D eigenvalue weighted by Gasteiger charge is -2.07. The minimum atomic E-state index is -0.959. The Morgan fingerprint density at radius 1 is 1.17 bits per heavy atom. The van der Waals surface area contributed by atoms with Crippen LogP contribution in [0.4, 0.5) is 0 Å². The van der Waals surface area contributed by atoms with Crippen molar-refractivity contribution in [2.75, 3.05) is 0 Å². The normalized spacial score (nSPS) is 10.1. The third-order valence-corrected chi connectivity index (χ3v) is 2.41. The molecule has 0 aliphatic heterocycles. The first kappa shape index (κ1) is 12.0. The number of aromatic carboxylic acids is 1. The van der Waals surface area contributed by atoms with Gasteiger partial charge in [-0.3, -0.25) is 0 Å². The molecule has 0 saturated carbocycles. The molecule has 1 heterocycles. The topological polar surface area (TPSA) is 72.3 Å². The molecule has 0 amide bonds. The second-order valence-corrected chi connectivity index (χ2v) is 3.90. The fraction of sp³-hybridized carbons (Fsp3) is 0.154. The Morgan fingerprint density at radius 2 is 1.94 bits per heavy atom. The lowest BCUT2D eigenvalue weighted by atomic mass is 10.1. The molecule has 92 valence electrons. The largest absolute Gasteiger partial charge is 0.478 e. The Hall–Kier alpha value is -2.43. The number of carboxylic acid groups (broad SMARTS) is 1. The Kier molecular flexibility index (Phi) is 3.23. The molecule has 0 radical (unpaired) electrons. The fourth-order valence-corrected chi connectivity index (χ4v) is 1.45. The summed E-state index contributed by atoms with van der Waals surface area (Å²) in [4.78, 5) is 10.8. The first-order chi connectivity index (χ1) is 8.56. The highest BCUT2D eigenvalue weighted by Gasteiger charge is 2.07. The molecule has 18 heavy (non-hydrogen) atoms. The van der Waals surface area contributed by atoms with E-state index in [1.54, 1.807) is 31.2 Å². The number of nitrogens with zero attached hydrogens (tertiary/aromatic N) is 2. The summed E-state index contributed by atoms with van der Waals surface area (Å²) in [5, 5.41) is 16.6. The number of aromatic nitrogens is 2. The van der Waals surface area contributed by atoms with Crippen molar-refractivity contribution in [3.63, 3.8) is 0 Å². The van der Waals surface area contributed by atoms with Crippen molar-refractivity contribution in [3.8, 4) is 11.6 Å². The molecular formula is C13H12N2O3. The van der Waals surface area contributed by atoms with Crippen molar-refractivity contribution < 1.29 is 14.6 Å². The number of hydrogen-bond donors (Lipinski definition) is 1. The minimum absolute atomic E-state index is 0.231. The van der Waals surface area contributed by atoms with Crippen molar-refractivity contribution >= 4 is 5.97 Å². The quantitative estimate of drug-likeness (QED) is 0.898. The van der Waals surface area contributed by atoms with E-state index < -0.39 is 5.97 Å². The van der Waals surface area contributed by atoms with Crippen molar-refractivity contribution in [1.29, 1.82) is 0 Å². The number of hydrogen-bond acceptors (Lipinski definition) is 4. The van der Waals surface area contributed by atoms with Crippen LogP contribution < -0.4 is 4.74 Å². The van der Waals surface area contributed by atoms with Gasteiger partial charge in [0.15, 0.2) is 0 Å². The van der Waals surface area contributed by atoms with Gasteiger partial charge < -0.3 is 9.84 Å². The standard InChI is InChI=1S/C13H12N2O3/c1-8-7-10(13(16)17)4-5-11(8)18-12-6-3-9(2)14-15-12/h3-7H,1-2H3,(H,16,17). The summed E-state index contributed by atoms with van der Waals surface area (Å²) in [6.07, 6.45) is 0. The molecular weight excluding hydrogens is 232 g/mol. The van der Waals surface area contributed by atoms with Crippen LogP contribution in [0.2, 0.25) is 0 Å². The second-order valence-electron chi connectivity index (χ2n) is 3.90. The van der Waals surface area contributed by atoms with E-state index in [0.29, 0.717) is 11.6 Å². The average Bonchev–Trinajstić information content (AvgIpc) is 2.34. The van der Waals surface area contributed by atoms with Crippen LogP contribution in [0.1, 0.15) is 21.6 Å². The SMILES string of the molecule is Cc1ccc(Oc2ccc(C(=O)O)cc2C)nn1. The summed E-state index contributed by atoms with van der Waals surface area (Å²) >= 11 is 0. The summed E-state index contributed by atoms with van der Waals surface area (Å²) in [5.41, 5.74) is 1.77. The molecule has 1 N–H and O–H groups in total. The van der Waals surface area contributed by atoms with Crippen molar-refractivity contribution in [3.05, 3.63) is 47.2 Å². The third-order valence-electron chi connectivity index (χ3n) is 2.41. The van der Waals surface area contributed by atoms with Gasteiger partial charge in [0, 0.05) is 6.07 Å². The first-order valence-electron chi connectivity index (χ1n) is 5.38. The molecule has 0 fully saturated rings. The summed E-state index contributed by atoms with van der Waals surface area (Å²) in [7, 11) is 0. The highest BCUT2D eigenvalue weighted by molar-refractivity contribution is 5.88. The molecule has 0 saturated heterocycles. The van der Waals surface area contributed by atoms with Crippen LogP contribution in [-0.4, -0.2) is 21.3 Å². The zero-order valence-corrected chi connectivity index (χ0v) is 10.0. The van der Waals surface area contributed by atoms with Crippen LogP contribution in [0, 0.1) is 13.8 Å². The van der Waals surface area contributed by atoms with Gasteiger partial charge in [-0.2, -0.15) is 5.10 Å². The monoisotopic (exact) mass is 244 g/mol. The van der Waals surface area contributed by atoms with Gasteiger partial charge in [-0.1, -0.05) is 0 Å². The second kappa shape index (κ2) is 4.83. The summed E-state index contributed by atoms with van der Waals surface area (Å²) in [5.74, 6) is -0.00953. The van der Waals surface area contributed by atoms with Gasteiger partial charge in [-0.25, -0.2) is 4.79 Å². The third kappa shape index (κ3) is 2.63. The van der Waals surface area contributed by atoms with Gasteiger partial charge in [0.25, 0.3) is 0 Å². The van der Waals surface area contributed by atoms with Gasteiger partial charge in [-0.05, 0) is 43.7 Å². The van der Waals surface area contributed by atoms with Gasteiger partial charge in [0.1, 0.15) is 5.75 Å². The summed E-state index contributed by atoms with van der Waals surface area (Å²) < 4.78 is 5.53. The highest BCUT2D eigenvalue weighted by atomic mass is 16.5. The zero-order valence-electron chi connectivity index (χ0n) is 10.0. The van der Waals surface area contributed by atoms with Crippen LogP contribution in [0.3, 0.4) is 0 Å². The number of carbonyl (C=O) groups is 1. The van der Waals surface area contributed by atoms with E-state index in [4.69, 9.17) is 9.84 Å². The van der Waals surface area contributed by atoms with Crippen molar-refractivity contribution in [1.82, 2.24) is 10.2 Å². The minimum Gasteiger partial charge on any atom is -0.478 e. The van der Waals surface area contributed by atoms with Crippen LogP contribution in [-0.2, 0) is 0 Å². The van der Waals surface area contributed by atoms with Crippen molar-refractivity contribution in [2.24, 2.45) is 0 Å². The number of ether oxygens (including phenoxy) is 1. The van der Waals surface area contributed by atoms with Gasteiger partial charge in [0.2, 0.25) is 5.88 Å². The van der Waals surface area contributed by atoms with Crippen LogP contribution in [0.5, 0.6) is 11.6 Å². The maximum absolute atomic E-state index is 10.8. The lowest BCUT2D eigenvalue weighted by Crippen LogP contribution is -1.98. The average molecular weight is 244 g/mol. The Morgan fingerprint density at radius 3 is 2.50 bits per heavy atom. The summed E-state index contributed by atoms with van der Waals surface area (Å²) in [6.45, 7) is 3.62. The molecule has 2 aromatic rings. The number of benzene rings is 1. The van der Waals surface area contributed by atoms with Crippen LogP contribution in [0.25, 0.3) is 0 Å². The smallest absolute Gasteiger partial charge is 0.335 e. The molecule has 2 rings (SSSR count). The molecule has 5 heteroatoms. The zero-order chi connectivity index (χ0) is 13.1. The Bertz CT molecular complexity index is 579. The number of carboxylic acids is 1. The molecule has 1 aromatic heterocycles. The Balaban J connectivity index is 2.24. The maximum Gasteiger partial charge on any atom is 0.335 e. The summed E-state index contributed by atoms with van der Waals surface area (Å²) in [6, 6.07) is 8.17. The molecule has 0 atom stereocenters. The van der Waals surface area contributed by atoms with E-state index in [1.165, 1.54) is 6.07 Å². The van der Waals surface area contributed by atoms with Gasteiger partial charge in [0.05, 0.1) is 11.3 Å². The van der Waals surface area contributed by atoms with Crippen LogP contribution in [0.15, 0.2) is 30.3 Å². The van der Waals surface area contributed by atoms with E-state index in [1.807, 2.05) is 6.92 Å². The molecule has 0 bridgehead atoms. The molecule has 0 unspecified atom stereocenters.